The first kappa shape index (κ1) is 14.1. The molecular weight excluding hydrogens is 319 g/mol. The molecular formula is C12H12Cl2N4OS. The number of hydrogen-bond acceptors (Lipinski definition) is 5. The van der Waals surface area contributed by atoms with Crippen LogP contribution < -0.4 is 0 Å². The van der Waals surface area contributed by atoms with Crippen LogP contribution in [0.5, 0.6) is 0 Å². The van der Waals surface area contributed by atoms with Gasteiger partial charge in [0.05, 0.1) is 15.7 Å². The molecule has 1 fully saturated rings. The normalized spacial score (nSPS) is 14.8. The fourth-order valence-corrected chi connectivity index (χ4v) is 3.41. The summed E-state index contributed by atoms with van der Waals surface area (Å²) in [5.41, 5.74) is 0.761. The van der Waals surface area contributed by atoms with Gasteiger partial charge < -0.3 is 9.67 Å². The zero-order valence-corrected chi connectivity index (χ0v) is 12.8. The van der Waals surface area contributed by atoms with E-state index in [-0.39, 0.29) is 6.61 Å². The van der Waals surface area contributed by atoms with Crippen molar-refractivity contribution in [1.29, 1.82) is 0 Å². The fourth-order valence-electron chi connectivity index (χ4n) is 1.90. The summed E-state index contributed by atoms with van der Waals surface area (Å²) in [4.78, 5) is 4.22. The van der Waals surface area contributed by atoms with Gasteiger partial charge in [-0.15, -0.1) is 10.2 Å². The second-order valence-corrected chi connectivity index (χ2v) is 6.31. The van der Waals surface area contributed by atoms with Crippen molar-refractivity contribution in [1.82, 2.24) is 19.7 Å². The van der Waals surface area contributed by atoms with Crippen molar-refractivity contribution in [3.8, 4) is 0 Å². The molecule has 2 aromatic rings. The Morgan fingerprint density at radius 2 is 2.15 bits per heavy atom. The average Bonchev–Trinajstić information content (AvgIpc) is 3.18. The molecule has 20 heavy (non-hydrogen) atoms. The third kappa shape index (κ3) is 2.93. The van der Waals surface area contributed by atoms with Gasteiger partial charge in [0.25, 0.3) is 0 Å². The molecule has 1 saturated carbocycles. The Morgan fingerprint density at radius 3 is 2.80 bits per heavy atom. The molecule has 5 nitrogen and oxygen atoms in total. The van der Waals surface area contributed by atoms with E-state index in [2.05, 4.69) is 15.2 Å². The molecule has 0 spiro atoms. The van der Waals surface area contributed by atoms with Crippen LogP contribution in [-0.4, -0.2) is 24.9 Å². The lowest BCUT2D eigenvalue weighted by Gasteiger charge is -2.07. The van der Waals surface area contributed by atoms with Gasteiger partial charge in [-0.1, -0.05) is 35.0 Å². The highest BCUT2D eigenvalue weighted by Gasteiger charge is 2.29. The molecule has 0 radical (unpaired) electrons. The van der Waals surface area contributed by atoms with Crippen molar-refractivity contribution >= 4 is 35.0 Å². The van der Waals surface area contributed by atoms with Crippen LogP contribution in [-0.2, 0) is 12.4 Å². The lowest BCUT2D eigenvalue weighted by molar-refractivity contribution is 0.263. The van der Waals surface area contributed by atoms with E-state index in [1.165, 1.54) is 11.8 Å². The van der Waals surface area contributed by atoms with Gasteiger partial charge in [0.15, 0.2) is 11.0 Å². The molecule has 1 aliphatic carbocycles. The molecule has 3 rings (SSSR count). The van der Waals surface area contributed by atoms with Crippen molar-refractivity contribution in [2.45, 2.75) is 36.4 Å². The van der Waals surface area contributed by atoms with Gasteiger partial charge in [0, 0.05) is 18.0 Å². The SMILES string of the molecule is OCc1nnc(SCc2ncc(Cl)cc2Cl)n1C1CC1. The summed E-state index contributed by atoms with van der Waals surface area (Å²) in [6.07, 6.45) is 3.80. The Bertz CT molecular complexity index is 630. The summed E-state index contributed by atoms with van der Waals surface area (Å²) >= 11 is 13.4. The molecule has 0 saturated heterocycles. The first-order valence-electron chi connectivity index (χ1n) is 6.16. The summed E-state index contributed by atoms with van der Waals surface area (Å²) in [6, 6.07) is 2.10. The number of aliphatic hydroxyl groups is 1. The Kier molecular flexibility index (Phi) is 4.16. The van der Waals surface area contributed by atoms with E-state index in [1.807, 2.05) is 4.57 Å². The first-order chi connectivity index (χ1) is 9.69. The van der Waals surface area contributed by atoms with Gasteiger partial charge in [0.1, 0.15) is 6.61 Å². The van der Waals surface area contributed by atoms with E-state index >= 15 is 0 Å². The van der Waals surface area contributed by atoms with Crippen molar-refractivity contribution in [2.75, 3.05) is 0 Å². The predicted molar refractivity (Wildman–Crippen MR) is 78.0 cm³/mol. The van der Waals surface area contributed by atoms with E-state index in [1.54, 1.807) is 12.3 Å². The molecule has 1 N–H and O–H groups in total. The summed E-state index contributed by atoms with van der Waals surface area (Å²) in [5.74, 6) is 1.21. The van der Waals surface area contributed by atoms with Crippen molar-refractivity contribution in [2.24, 2.45) is 0 Å². The number of aromatic nitrogens is 4. The number of nitrogens with zero attached hydrogens (tertiary/aromatic N) is 4. The van der Waals surface area contributed by atoms with Crippen LogP contribution >= 0.6 is 35.0 Å². The topological polar surface area (TPSA) is 63.8 Å². The zero-order valence-electron chi connectivity index (χ0n) is 10.5. The van der Waals surface area contributed by atoms with Gasteiger partial charge >= 0.3 is 0 Å². The Balaban J connectivity index is 1.76. The van der Waals surface area contributed by atoms with Crippen LogP contribution in [0.2, 0.25) is 10.0 Å². The molecule has 2 heterocycles. The Hall–Kier alpha value is -0.820. The van der Waals surface area contributed by atoms with Crippen molar-refractivity contribution in [3.63, 3.8) is 0 Å². The number of pyridine rings is 1. The van der Waals surface area contributed by atoms with E-state index in [0.717, 1.165) is 23.7 Å². The second-order valence-electron chi connectivity index (χ2n) is 4.53. The maximum atomic E-state index is 9.29. The minimum Gasteiger partial charge on any atom is -0.388 e. The summed E-state index contributed by atoms with van der Waals surface area (Å²) in [5, 5.41) is 19.3. The average molecular weight is 331 g/mol. The minimum atomic E-state index is -0.0932. The quantitative estimate of drug-likeness (QED) is 0.853. The molecule has 106 valence electrons. The largest absolute Gasteiger partial charge is 0.388 e. The Labute approximate surface area is 130 Å². The lowest BCUT2D eigenvalue weighted by Crippen LogP contribution is -2.03. The highest BCUT2D eigenvalue weighted by Crippen LogP contribution is 2.39. The second kappa shape index (κ2) is 5.89. The molecule has 0 aromatic carbocycles. The van der Waals surface area contributed by atoms with Gasteiger partial charge in [-0.2, -0.15) is 0 Å². The number of halogens is 2. The van der Waals surface area contributed by atoms with E-state index in [4.69, 9.17) is 23.2 Å². The number of hydrogen-bond donors (Lipinski definition) is 1. The summed E-state index contributed by atoms with van der Waals surface area (Å²) in [6.45, 7) is -0.0932. The predicted octanol–water partition coefficient (Wildman–Crippen LogP) is 3.10. The van der Waals surface area contributed by atoms with E-state index in [0.29, 0.717) is 27.7 Å². The molecule has 0 aliphatic heterocycles. The number of aliphatic hydroxyl groups excluding tert-OH is 1. The molecule has 1 aliphatic rings. The number of thioether (sulfide) groups is 1. The monoisotopic (exact) mass is 330 g/mol. The molecule has 8 heteroatoms. The first-order valence-corrected chi connectivity index (χ1v) is 7.90. The van der Waals surface area contributed by atoms with Gasteiger partial charge in [-0.05, 0) is 18.9 Å². The maximum Gasteiger partial charge on any atom is 0.191 e. The van der Waals surface area contributed by atoms with Crippen LogP contribution in [0.25, 0.3) is 0 Å². The van der Waals surface area contributed by atoms with Crippen LogP contribution in [0.15, 0.2) is 17.4 Å². The summed E-state index contributed by atoms with van der Waals surface area (Å²) in [7, 11) is 0. The van der Waals surface area contributed by atoms with Gasteiger partial charge in [-0.3, -0.25) is 4.98 Å². The van der Waals surface area contributed by atoms with Crippen LogP contribution in [0.3, 0.4) is 0 Å². The number of rotatable bonds is 5. The van der Waals surface area contributed by atoms with Crippen molar-refractivity contribution in [3.05, 3.63) is 33.8 Å². The Morgan fingerprint density at radius 1 is 1.35 bits per heavy atom. The minimum absolute atomic E-state index is 0.0932. The third-order valence-electron chi connectivity index (χ3n) is 3.01. The zero-order chi connectivity index (χ0) is 14.1. The van der Waals surface area contributed by atoms with E-state index < -0.39 is 0 Å². The molecule has 0 amide bonds. The smallest absolute Gasteiger partial charge is 0.191 e. The highest BCUT2D eigenvalue weighted by molar-refractivity contribution is 7.98. The van der Waals surface area contributed by atoms with Crippen LogP contribution in [0.4, 0.5) is 0 Å². The highest BCUT2D eigenvalue weighted by atomic mass is 35.5. The van der Waals surface area contributed by atoms with Gasteiger partial charge in [-0.25, -0.2) is 0 Å². The molecule has 0 atom stereocenters. The van der Waals surface area contributed by atoms with E-state index in [9.17, 15) is 5.11 Å². The third-order valence-corrected chi connectivity index (χ3v) is 4.50. The van der Waals surface area contributed by atoms with Crippen LogP contribution in [0.1, 0.15) is 30.4 Å². The van der Waals surface area contributed by atoms with Crippen molar-refractivity contribution < 1.29 is 5.11 Å². The molecule has 0 bridgehead atoms. The molecule has 0 unspecified atom stereocenters. The maximum absolute atomic E-state index is 9.29. The van der Waals surface area contributed by atoms with Gasteiger partial charge in [0.2, 0.25) is 0 Å². The standard InChI is InChI=1S/C12H12Cl2N4OS/c13-7-3-9(14)10(15-4-7)6-20-12-17-16-11(5-19)18(12)8-1-2-8/h3-4,8,19H,1-2,5-6H2. The lowest BCUT2D eigenvalue weighted by atomic mass is 10.4. The molecule has 2 aromatic heterocycles. The fraction of sp³-hybridized carbons (Fsp3) is 0.417. The van der Waals surface area contributed by atoms with Crippen LogP contribution in [0, 0.1) is 0 Å². The summed E-state index contributed by atoms with van der Waals surface area (Å²) < 4.78 is 2.01.